The zero-order valence-corrected chi connectivity index (χ0v) is 8.73. The Hall–Kier alpha value is -0.730. The summed E-state index contributed by atoms with van der Waals surface area (Å²) in [5, 5.41) is 3.94. The van der Waals surface area contributed by atoms with Crippen LogP contribution in [0.2, 0.25) is 5.02 Å². The van der Waals surface area contributed by atoms with Gasteiger partial charge in [-0.15, -0.1) is 0 Å². The lowest BCUT2D eigenvalue weighted by Crippen LogP contribution is -2.21. The fourth-order valence-corrected chi connectivity index (χ4v) is 1.21. The molecule has 0 saturated carbocycles. The van der Waals surface area contributed by atoms with Crippen LogP contribution in [0.1, 0.15) is 19.4 Å². The lowest BCUT2D eigenvalue weighted by Gasteiger charge is -2.08. The monoisotopic (exact) mass is 198 g/mol. The van der Waals surface area contributed by atoms with Crippen molar-refractivity contribution in [2.75, 3.05) is 5.73 Å². The van der Waals surface area contributed by atoms with Crippen LogP contribution in [-0.2, 0) is 6.54 Å². The summed E-state index contributed by atoms with van der Waals surface area (Å²) in [6.45, 7) is 5.05. The second-order valence-electron chi connectivity index (χ2n) is 3.39. The van der Waals surface area contributed by atoms with Crippen LogP contribution in [0, 0.1) is 0 Å². The molecule has 0 unspecified atom stereocenters. The second kappa shape index (κ2) is 4.49. The molecule has 0 spiro atoms. The predicted molar refractivity (Wildman–Crippen MR) is 57.8 cm³/mol. The summed E-state index contributed by atoms with van der Waals surface area (Å²) < 4.78 is 0. The van der Waals surface area contributed by atoms with Crippen molar-refractivity contribution < 1.29 is 0 Å². The Kier molecular flexibility index (Phi) is 3.58. The van der Waals surface area contributed by atoms with Crippen molar-refractivity contribution in [2.24, 2.45) is 0 Å². The molecule has 0 aliphatic heterocycles. The van der Waals surface area contributed by atoms with Gasteiger partial charge in [0.1, 0.15) is 0 Å². The lowest BCUT2D eigenvalue weighted by atomic mass is 10.2. The van der Waals surface area contributed by atoms with Crippen molar-refractivity contribution in [2.45, 2.75) is 26.4 Å². The van der Waals surface area contributed by atoms with Crippen LogP contribution < -0.4 is 11.1 Å². The summed E-state index contributed by atoms with van der Waals surface area (Å²) in [6.07, 6.45) is 0. The highest BCUT2D eigenvalue weighted by Crippen LogP contribution is 2.19. The molecule has 0 bridgehead atoms. The number of hydrogen-bond acceptors (Lipinski definition) is 2. The molecule has 2 nitrogen and oxygen atoms in total. The summed E-state index contributed by atoms with van der Waals surface area (Å²) >= 11 is 5.88. The van der Waals surface area contributed by atoms with Crippen molar-refractivity contribution in [3.8, 4) is 0 Å². The van der Waals surface area contributed by atoms with Gasteiger partial charge in [-0.2, -0.15) is 0 Å². The highest BCUT2D eigenvalue weighted by molar-refractivity contribution is 6.33. The normalized spacial score (nSPS) is 10.8. The van der Waals surface area contributed by atoms with Gasteiger partial charge in [-0.1, -0.05) is 31.5 Å². The minimum Gasteiger partial charge on any atom is -0.398 e. The molecule has 0 radical (unpaired) electrons. The van der Waals surface area contributed by atoms with Crippen LogP contribution in [0.25, 0.3) is 0 Å². The molecular weight excluding hydrogens is 184 g/mol. The van der Waals surface area contributed by atoms with Crippen molar-refractivity contribution in [3.63, 3.8) is 0 Å². The maximum atomic E-state index is 5.88. The largest absolute Gasteiger partial charge is 0.398 e. The number of nitrogens with two attached hydrogens (primary N) is 1. The standard InChI is InChI=1S/C10H15ClN2/c1-7(2)13-6-8-3-4-10(12)9(11)5-8/h3-5,7,13H,6,12H2,1-2H3. The molecule has 0 aliphatic carbocycles. The number of anilines is 1. The van der Waals surface area contributed by atoms with E-state index in [1.54, 1.807) is 0 Å². The van der Waals surface area contributed by atoms with Gasteiger partial charge in [0.05, 0.1) is 10.7 Å². The molecule has 0 atom stereocenters. The minimum absolute atomic E-state index is 0.483. The van der Waals surface area contributed by atoms with Gasteiger partial charge in [-0.25, -0.2) is 0 Å². The van der Waals surface area contributed by atoms with Crippen LogP contribution >= 0.6 is 11.6 Å². The summed E-state index contributed by atoms with van der Waals surface area (Å²) in [7, 11) is 0. The topological polar surface area (TPSA) is 38.0 Å². The Labute approximate surface area is 84.1 Å². The third-order valence-corrected chi connectivity index (χ3v) is 2.11. The SMILES string of the molecule is CC(C)NCc1ccc(N)c(Cl)c1. The Morgan fingerprint density at radius 2 is 2.15 bits per heavy atom. The summed E-state index contributed by atoms with van der Waals surface area (Å²) in [6, 6.07) is 6.19. The molecule has 0 amide bonds. The first kappa shape index (κ1) is 10.4. The van der Waals surface area contributed by atoms with E-state index in [1.807, 2.05) is 18.2 Å². The molecular formula is C10H15ClN2. The molecule has 0 heterocycles. The Morgan fingerprint density at radius 3 is 2.69 bits per heavy atom. The molecule has 0 saturated heterocycles. The fraction of sp³-hybridized carbons (Fsp3) is 0.400. The molecule has 1 aromatic carbocycles. The molecule has 0 aliphatic rings. The van der Waals surface area contributed by atoms with E-state index in [-0.39, 0.29) is 0 Å². The number of benzene rings is 1. The van der Waals surface area contributed by atoms with Crippen molar-refractivity contribution in [1.29, 1.82) is 0 Å². The summed E-state index contributed by atoms with van der Waals surface area (Å²) in [4.78, 5) is 0. The molecule has 1 aromatic rings. The van der Waals surface area contributed by atoms with E-state index in [0.717, 1.165) is 12.1 Å². The third kappa shape index (κ3) is 3.25. The minimum atomic E-state index is 0.483. The van der Waals surface area contributed by atoms with Gasteiger partial charge in [0.15, 0.2) is 0 Å². The molecule has 0 fully saturated rings. The van der Waals surface area contributed by atoms with Crippen molar-refractivity contribution in [1.82, 2.24) is 5.32 Å². The average Bonchev–Trinajstić information content (AvgIpc) is 2.07. The van der Waals surface area contributed by atoms with Gasteiger partial charge < -0.3 is 11.1 Å². The van der Waals surface area contributed by atoms with E-state index in [9.17, 15) is 0 Å². The van der Waals surface area contributed by atoms with Gasteiger partial charge >= 0.3 is 0 Å². The highest BCUT2D eigenvalue weighted by atomic mass is 35.5. The second-order valence-corrected chi connectivity index (χ2v) is 3.80. The molecule has 3 heteroatoms. The van der Waals surface area contributed by atoms with E-state index < -0.39 is 0 Å². The zero-order valence-electron chi connectivity index (χ0n) is 7.97. The third-order valence-electron chi connectivity index (χ3n) is 1.78. The quantitative estimate of drug-likeness (QED) is 0.733. The van der Waals surface area contributed by atoms with E-state index in [1.165, 1.54) is 0 Å². The smallest absolute Gasteiger partial charge is 0.0638 e. The van der Waals surface area contributed by atoms with Crippen LogP contribution in [0.4, 0.5) is 5.69 Å². The van der Waals surface area contributed by atoms with Crippen LogP contribution in [0.15, 0.2) is 18.2 Å². The van der Waals surface area contributed by atoms with Gasteiger partial charge in [0, 0.05) is 12.6 Å². The molecule has 1 rings (SSSR count). The maximum absolute atomic E-state index is 5.88. The summed E-state index contributed by atoms with van der Waals surface area (Å²) in [5.74, 6) is 0. The number of halogens is 1. The number of nitrogens with one attached hydrogen (secondary N) is 1. The van der Waals surface area contributed by atoms with Crippen LogP contribution in [0.3, 0.4) is 0 Å². The fourth-order valence-electron chi connectivity index (χ4n) is 1.00. The van der Waals surface area contributed by atoms with Gasteiger partial charge in [-0.3, -0.25) is 0 Å². The van der Waals surface area contributed by atoms with E-state index in [4.69, 9.17) is 17.3 Å². The van der Waals surface area contributed by atoms with Crippen molar-refractivity contribution in [3.05, 3.63) is 28.8 Å². The first-order chi connectivity index (χ1) is 6.09. The Morgan fingerprint density at radius 1 is 1.46 bits per heavy atom. The van der Waals surface area contributed by atoms with Crippen molar-refractivity contribution >= 4 is 17.3 Å². The van der Waals surface area contributed by atoms with Gasteiger partial charge in [0.2, 0.25) is 0 Å². The molecule has 13 heavy (non-hydrogen) atoms. The number of nitrogen functional groups attached to an aromatic ring is 1. The van der Waals surface area contributed by atoms with Crippen LogP contribution in [0.5, 0.6) is 0 Å². The van der Waals surface area contributed by atoms with Gasteiger partial charge in [0.25, 0.3) is 0 Å². The molecule has 3 N–H and O–H groups in total. The van der Waals surface area contributed by atoms with E-state index in [0.29, 0.717) is 16.8 Å². The lowest BCUT2D eigenvalue weighted by molar-refractivity contribution is 0.589. The number of hydrogen-bond donors (Lipinski definition) is 2. The first-order valence-corrected chi connectivity index (χ1v) is 4.74. The molecule has 72 valence electrons. The molecule has 0 aromatic heterocycles. The van der Waals surface area contributed by atoms with Crippen LogP contribution in [-0.4, -0.2) is 6.04 Å². The van der Waals surface area contributed by atoms with E-state index >= 15 is 0 Å². The predicted octanol–water partition coefficient (Wildman–Crippen LogP) is 2.42. The van der Waals surface area contributed by atoms with Gasteiger partial charge in [-0.05, 0) is 17.7 Å². The zero-order chi connectivity index (χ0) is 9.84. The average molecular weight is 199 g/mol. The summed E-state index contributed by atoms with van der Waals surface area (Å²) in [5.41, 5.74) is 7.39. The Bertz CT molecular complexity index is 284. The first-order valence-electron chi connectivity index (χ1n) is 4.37. The maximum Gasteiger partial charge on any atom is 0.0638 e. The van der Waals surface area contributed by atoms with E-state index in [2.05, 4.69) is 19.2 Å². The highest BCUT2D eigenvalue weighted by Gasteiger charge is 1.98. The number of rotatable bonds is 3. The Balaban J connectivity index is 2.63.